The second kappa shape index (κ2) is 7.67. The molecule has 0 fully saturated rings. The zero-order valence-electron chi connectivity index (χ0n) is 12.7. The highest BCUT2D eigenvalue weighted by molar-refractivity contribution is 5.95. The van der Waals surface area contributed by atoms with E-state index in [9.17, 15) is 14.7 Å². The molecule has 1 aromatic rings. The van der Waals surface area contributed by atoms with Gasteiger partial charge >= 0.3 is 5.97 Å². The molecular formula is C16H23NO4. The van der Waals surface area contributed by atoms with E-state index in [0.29, 0.717) is 23.6 Å². The lowest BCUT2D eigenvalue weighted by Crippen LogP contribution is -2.31. The Morgan fingerprint density at radius 2 is 1.95 bits per heavy atom. The molecule has 0 aliphatic carbocycles. The highest BCUT2D eigenvalue weighted by atomic mass is 16.4. The largest absolute Gasteiger partial charge is 0.508 e. The van der Waals surface area contributed by atoms with E-state index >= 15 is 0 Å². The molecule has 0 heterocycles. The molecule has 0 bridgehead atoms. The van der Waals surface area contributed by atoms with Crippen LogP contribution in [0.15, 0.2) is 18.2 Å². The van der Waals surface area contributed by atoms with Gasteiger partial charge in [0.1, 0.15) is 5.75 Å². The summed E-state index contributed by atoms with van der Waals surface area (Å²) in [5, 5.41) is 21.0. The van der Waals surface area contributed by atoms with Crippen molar-refractivity contribution in [2.24, 2.45) is 11.8 Å². The molecule has 1 aromatic carbocycles. The number of hydrogen-bond donors (Lipinski definition) is 3. The van der Waals surface area contributed by atoms with Crippen LogP contribution in [0.2, 0.25) is 0 Å². The Bertz CT molecular complexity index is 511. The number of benzene rings is 1. The van der Waals surface area contributed by atoms with Gasteiger partial charge in [-0.2, -0.15) is 0 Å². The average molecular weight is 293 g/mol. The van der Waals surface area contributed by atoms with Gasteiger partial charge in [0.05, 0.1) is 0 Å². The number of phenols is 1. The molecular weight excluding hydrogens is 270 g/mol. The molecule has 1 atom stereocenters. The summed E-state index contributed by atoms with van der Waals surface area (Å²) in [6.07, 6.45) is 0.800. The molecule has 21 heavy (non-hydrogen) atoms. The zero-order valence-corrected chi connectivity index (χ0v) is 12.7. The molecule has 1 amide bonds. The summed E-state index contributed by atoms with van der Waals surface area (Å²) >= 11 is 0. The van der Waals surface area contributed by atoms with Crippen molar-refractivity contribution in [2.75, 3.05) is 6.54 Å². The van der Waals surface area contributed by atoms with Crippen molar-refractivity contribution in [3.63, 3.8) is 0 Å². The number of rotatable bonds is 7. The summed E-state index contributed by atoms with van der Waals surface area (Å²) in [4.78, 5) is 23.0. The number of phenolic OH excluding ortho intramolecular Hbond substituents is 1. The van der Waals surface area contributed by atoms with Crippen LogP contribution in [0.25, 0.3) is 0 Å². The van der Waals surface area contributed by atoms with Gasteiger partial charge in [-0.25, -0.2) is 0 Å². The van der Waals surface area contributed by atoms with E-state index in [2.05, 4.69) is 5.32 Å². The molecule has 116 valence electrons. The molecule has 1 unspecified atom stereocenters. The maximum Gasteiger partial charge on any atom is 0.303 e. The van der Waals surface area contributed by atoms with Crippen molar-refractivity contribution in [2.45, 2.75) is 33.6 Å². The lowest BCUT2D eigenvalue weighted by Gasteiger charge is -2.18. The van der Waals surface area contributed by atoms with E-state index in [1.807, 2.05) is 13.8 Å². The SMILES string of the molecule is Cc1cc(O)ccc1C(=O)NCC(CC(=O)O)CC(C)C. The fourth-order valence-electron chi connectivity index (χ4n) is 2.39. The first kappa shape index (κ1) is 17.0. The lowest BCUT2D eigenvalue weighted by atomic mass is 9.94. The quantitative estimate of drug-likeness (QED) is 0.721. The Morgan fingerprint density at radius 3 is 2.48 bits per heavy atom. The number of hydrogen-bond acceptors (Lipinski definition) is 3. The van der Waals surface area contributed by atoms with Gasteiger partial charge in [-0.3, -0.25) is 9.59 Å². The predicted molar refractivity (Wildman–Crippen MR) is 80.4 cm³/mol. The molecule has 5 heteroatoms. The van der Waals surface area contributed by atoms with E-state index in [1.165, 1.54) is 12.1 Å². The van der Waals surface area contributed by atoms with Crippen LogP contribution >= 0.6 is 0 Å². The monoisotopic (exact) mass is 293 g/mol. The number of carboxylic acid groups (broad SMARTS) is 1. The maximum absolute atomic E-state index is 12.1. The number of aliphatic carboxylic acids is 1. The molecule has 0 aliphatic rings. The van der Waals surface area contributed by atoms with Crippen LogP contribution in [0.1, 0.15) is 42.6 Å². The standard InChI is InChI=1S/C16H23NO4/c1-10(2)6-12(8-15(19)20)9-17-16(21)14-5-4-13(18)7-11(14)3/h4-5,7,10,12,18H,6,8-9H2,1-3H3,(H,17,21)(H,19,20). The third-order valence-electron chi connectivity index (χ3n) is 3.27. The Morgan fingerprint density at radius 1 is 1.29 bits per heavy atom. The predicted octanol–water partition coefficient (Wildman–Crippen LogP) is 2.57. The molecule has 5 nitrogen and oxygen atoms in total. The van der Waals surface area contributed by atoms with Crippen LogP contribution in [0, 0.1) is 18.8 Å². The first-order valence-electron chi connectivity index (χ1n) is 7.09. The van der Waals surface area contributed by atoms with Crippen LogP contribution in [0.5, 0.6) is 5.75 Å². The van der Waals surface area contributed by atoms with Crippen LogP contribution < -0.4 is 5.32 Å². The highest BCUT2D eigenvalue weighted by Crippen LogP contribution is 2.17. The third-order valence-corrected chi connectivity index (χ3v) is 3.27. The smallest absolute Gasteiger partial charge is 0.303 e. The van der Waals surface area contributed by atoms with Gasteiger partial charge in [0.25, 0.3) is 5.91 Å². The molecule has 1 rings (SSSR count). The van der Waals surface area contributed by atoms with Crippen LogP contribution in [0.3, 0.4) is 0 Å². The fourth-order valence-corrected chi connectivity index (χ4v) is 2.39. The summed E-state index contributed by atoms with van der Waals surface area (Å²) in [6.45, 7) is 6.14. The van der Waals surface area contributed by atoms with E-state index in [-0.39, 0.29) is 24.0 Å². The topological polar surface area (TPSA) is 86.6 Å². The highest BCUT2D eigenvalue weighted by Gasteiger charge is 2.17. The summed E-state index contributed by atoms with van der Waals surface area (Å²) in [6, 6.07) is 4.55. The first-order valence-corrected chi connectivity index (χ1v) is 7.09. The van der Waals surface area contributed by atoms with Gasteiger partial charge in [0, 0.05) is 18.5 Å². The summed E-state index contributed by atoms with van der Waals surface area (Å²) in [5.41, 5.74) is 1.18. The normalized spacial score (nSPS) is 12.2. The summed E-state index contributed by atoms with van der Waals surface area (Å²) in [7, 11) is 0. The van der Waals surface area contributed by atoms with E-state index < -0.39 is 5.97 Å². The van der Waals surface area contributed by atoms with Crippen LogP contribution in [-0.2, 0) is 4.79 Å². The van der Waals surface area contributed by atoms with Gasteiger partial charge < -0.3 is 15.5 Å². The molecule has 0 aliphatic heterocycles. The lowest BCUT2D eigenvalue weighted by molar-refractivity contribution is -0.138. The minimum absolute atomic E-state index is 0.0486. The Hall–Kier alpha value is -2.04. The van der Waals surface area contributed by atoms with E-state index in [4.69, 9.17) is 5.11 Å². The Labute approximate surface area is 125 Å². The van der Waals surface area contributed by atoms with Crippen LogP contribution in [0.4, 0.5) is 0 Å². The molecule has 0 spiro atoms. The summed E-state index contributed by atoms with van der Waals surface area (Å²) in [5.74, 6) is -0.680. The second-order valence-corrected chi connectivity index (χ2v) is 5.80. The molecule has 0 aromatic heterocycles. The number of carbonyl (C=O) groups is 2. The van der Waals surface area contributed by atoms with E-state index in [0.717, 1.165) is 6.42 Å². The van der Waals surface area contributed by atoms with Crippen molar-refractivity contribution < 1.29 is 19.8 Å². The first-order chi connectivity index (χ1) is 9.79. The zero-order chi connectivity index (χ0) is 16.0. The second-order valence-electron chi connectivity index (χ2n) is 5.80. The van der Waals surface area contributed by atoms with Crippen molar-refractivity contribution in [3.8, 4) is 5.75 Å². The third kappa shape index (κ3) is 5.85. The van der Waals surface area contributed by atoms with Crippen LogP contribution in [-0.4, -0.2) is 28.6 Å². The van der Waals surface area contributed by atoms with Gasteiger partial charge in [-0.05, 0) is 48.9 Å². The number of aromatic hydroxyl groups is 1. The Kier molecular flexibility index (Phi) is 6.21. The number of carbonyl (C=O) groups excluding carboxylic acids is 1. The van der Waals surface area contributed by atoms with Gasteiger partial charge in [0.15, 0.2) is 0 Å². The van der Waals surface area contributed by atoms with Crippen molar-refractivity contribution >= 4 is 11.9 Å². The van der Waals surface area contributed by atoms with Gasteiger partial charge in [0.2, 0.25) is 0 Å². The average Bonchev–Trinajstić information content (AvgIpc) is 2.34. The number of carboxylic acids is 1. The Balaban J connectivity index is 2.65. The minimum Gasteiger partial charge on any atom is -0.508 e. The fraction of sp³-hybridized carbons (Fsp3) is 0.500. The molecule has 0 saturated heterocycles. The van der Waals surface area contributed by atoms with Crippen molar-refractivity contribution in [1.82, 2.24) is 5.32 Å². The van der Waals surface area contributed by atoms with Crippen molar-refractivity contribution in [3.05, 3.63) is 29.3 Å². The maximum atomic E-state index is 12.1. The van der Waals surface area contributed by atoms with E-state index in [1.54, 1.807) is 13.0 Å². The minimum atomic E-state index is -0.851. The van der Waals surface area contributed by atoms with Gasteiger partial charge in [-0.15, -0.1) is 0 Å². The van der Waals surface area contributed by atoms with Gasteiger partial charge in [-0.1, -0.05) is 13.8 Å². The number of amides is 1. The molecule has 3 N–H and O–H groups in total. The summed E-state index contributed by atoms with van der Waals surface area (Å²) < 4.78 is 0. The molecule has 0 radical (unpaired) electrons. The molecule has 0 saturated carbocycles. The number of nitrogens with one attached hydrogen (secondary N) is 1. The number of aryl methyl sites for hydroxylation is 1. The van der Waals surface area contributed by atoms with Crippen molar-refractivity contribution in [1.29, 1.82) is 0 Å².